The Bertz CT molecular complexity index is 692. The summed E-state index contributed by atoms with van der Waals surface area (Å²) in [5.74, 6) is -1.16. The molecule has 2 aromatic rings. The van der Waals surface area contributed by atoms with E-state index >= 15 is 0 Å². The minimum atomic E-state index is -1.02. The molecule has 2 aromatic carbocycles. The van der Waals surface area contributed by atoms with Crippen LogP contribution in [-0.4, -0.2) is 17.0 Å². The Morgan fingerprint density at radius 2 is 1.86 bits per heavy atom. The minimum Gasteiger partial charge on any atom is -0.478 e. The molecular weight excluding hydrogens is 266 g/mol. The van der Waals surface area contributed by atoms with Gasteiger partial charge in [-0.05, 0) is 41.8 Å². The van der Waals surface area contributed by atoms with Crippen molar-refractivity contribution in [3.63, 3.8) is 0 Å². The van der Waals surface area contributed by atoms with E-state index < -0.39 is 5.97 Å². The molecule has 21 heavy (non-hydrogen) atoms. The first kappa shape index (κ1) is 14.8. The number of hydrogen-bond acceptors (Lipinski definition) is 2. The van der Waals surface area contributed by atoms with Crippen LogP contribution in [0.4, 0.5) is 5.69 Å². The van der Waals surface area contributed by atoms with Crippen LogP contribution in [0.15, 0.2) is 42.5 Å². The highest BCUT2D eigenvalue weighted by atomic mass is 16.4. The number of carboxylic acid groups (broad SMARTS) is 1. The van der Waals surface area contributed by atoms with Gasteiger partial charge in [-0.1, -0.05) is 31.2 Å². The summed E-state index contributed by atoms with van der Waals surface area (Å²) in [5, 5.41) is 11.9. The van der Waals surface area contributed by atoms with E-state index in [0.717, 1.165) is 16.7 Å². The molecule has 2 rings (SSSR count). The largest absolute Gasteiger partial charge is 0.478 e. The zero-order valence-corrected chi connectivity index (χ0v) is 12.0. The van der Waals surface area contributed by atoms with Crippen LogP contribution in [0, 0.1) is 6.92 Å². The monoisotopic (exact) mass is 283 g/mol. The summed E-state index contributed by atoms with van der Waals surface area (Å²) < 4.78 is 0. The first-order valence-electron chi connectivity index (χ1n) is 6.75. The molecule has 0 unspecified atom stereocenters. The molecule has 0 saturated carbocycles. The molecule has 0 fully saturated rings. The van der Waals surface area contributed by atoms with Crippen LogP contribution in [0.5, 0.6) is 0 Å². The number of nitrogens with one attached hydrogen (secondary N) is 1. The van der Waals surface area contributed by atoms with Gasteiger partial charge in [0.25, 0.3) is 0 Å². The summed E-state index contributed by atoms with van der Waals surface area (Å²) in [4.78, 5) is 22.8. The van der Waals surface area contributed by atoms with Crippen LogP contribution in [0.3, 0.4) is 0 Å². The Hall–Kier alpha value is -2.62. The maximum Gasteiger partial charge on any atom is 0.335 e. The number of aryl methyl sites for hydroxylation is 1. The summed E-state index contributed by atoms with van der Waals surface area (Å²) in [5.41, 5.74) is 3.43. The number of amides is 1. The van der Waals surface area contributed by atoms with E-state index in [4.69, 9.17) is 0 Å². The SMILES string of the molecule is CCC(=O)Nc1cc(C(=O)O)cc(-c2ccccc2C)c1. The lowest BCUT2D eigenvalue weighted by atomic mass is 9.98. The van der Waals surface area contributed by atoms with Crippen molar-refractivity contribution in [2.75, 3.05) is 5.32 Å². The molecule has 0 atom stereocenters. The maximum absolute atomic E-state index is 11.5. The van der Waals surface area contributed by atoms with Crippen molar-refractivity contribution in [3.8, 4) is 11.1 Å². The summed E-state index contributed by atoms with van der Waals surface area (Å²) >= 11 is 0. The number of aromatic carboxylic acids is 1. The van der Waals surface area contributed by atoms with Crippen LogP contribution in [-0.2, 0) is 4.79 Å². The van der Waals surface area contributed by atoms with Crippen LogP contribution in [0.1, 0.15) is 29.3 Å². The first-order valence-corrected chi connectivity index (χ1v) is 6.75. The summed E-state index contributed by atoms with van der Waals surface area (Å²) in [6.45, 7) is 3.71. The highest BCUT2D eigenvalue weighted by Gasteiger charge is 2.11. The van der Waals surface area contributed by atoms with Gasteiger partial charge in [-0.3, -0.25) is 4.79 Å². The second kappa shape index (κ2) is 6.22. The Labute approximate surface area is 123 Å². The van der Waals surface area contributed by atoms with E-state index in [1.807, 2.05) is 31.2 Å². The fourth-order valence-corrected chi connectivity index (χ4v) is 2.12. The maximum atomic E-state index is 11.5. The van der Waals surface area contributed by atoms with Gasteiger partial charge in [0.1, 0.15) is 0 Å². The van der Waals surface area contributed by atoms with Gasteiger partial charge >= 0.3 is 5.97 Å². The standard InChI is InChI=1S/C17H17NO3/c1-3-16(19)18-14-9-12(8-13(10-14)17(20)21)15-7-5-4-6-11(15)2/h4-10H,3H2,1-2H3,(H,18,19)(H,20,21). The van der Waals surface area contributed by atoms with Crippen molar-refractivity contribution in [1.82, 2.24) is 0 Å². The molecule has 4 heteroatoms. The predicted molar refractivity (Wildman–Crippen MR) is 82.5 cm³/mol. The number of benzene rings is 2. The fraction of sp³-hybridized carbons (Fsp3) is 0.176. The van der Waals surface area contributed by atoms with Gasteiger partial charge in [-0.2, -0.15) is 0 Å². The number of carbonyl (C=O) groups excluding carboxylic acids is 1. The van der Waals surface area contributed by atoms with Crippen molar-refractivity contribution < 1.29 is 14.7 Å². The first-order chi connectivity index (χ1) is 10.0. The smallest absolute Gasteiger partial charge is 0.335 e. The average Bonchev–Trinajstić information content (AvgIpc) is 2.47. The zero-order valence-electron chi connectivity index (χ0n) is 12.0. The Morgan fingerprint density at radius 1 is 1.14 bits per heavy atom. The fourth-order valence-electron chi connectivity index (χ4n) is 2.12. The molecule has 0 aliphatic carbocycles. The lowest BCUT2D eigenvalue weighted by Gasteiger charge is -2.11. The quantitative estimate of drug-likeness (QED) is 0.899. The Morgan fingerprint density at radius 3 is 2.48 bits per heavy atom. The van der Waals surface area contributed by atoms with Crippen molar-refractivity contribution in [3.05, 3.63) is 53.6 Å². The summed E-state index contributed by atoms with van der Waals surface area (Å²) in [6, 6.07) is 12.6. The third-order valence-electron chi connectivity index (χ3n) is 3.24. The van der Waals surface area contributed by atoms with Gasteiger partial charge in [-0.25, -0.2) is 4.79 Å². The van der Waals surface area contributed by atoms with Crippen LogP contribution in [0.2, 0.25) is 0 Å². The third kappa shape index (κ3) is 3.48. The van der Waals surface area contributed by atoms with Crippen LogP contribution < -0.4 is 5.32 Å². The van der Waals surface area contributed by atoms with Crippen LogP contribution in [0.25, 0.3) is 11.1 Å². The summed E-state index contributed by atoms with van der Waals surface area (Å²) in [6.07, 6.45) is 0.344. The molecule has 0 radical (unpaired) electrons. The Kier molecular flexibility index (Phi) is 4.38. The van der Waals surface area contributed by atoms with Gasteiger partial charge in [0, 0.05) is 12.1 Å². The minimum absolute atomic E-state index is 0.145. The van der Waals surface area contributed by atoms with E-state index in [-0.39, 0.29) is 11.5 Å². The van der Waals surface area contributed by atoms with Crippen molar-refractivity contribution >= 4 is 17.6 Å². The topological polar surface area (TPSA) is 66.4 Å². The van der Waals surface area contributed by atoms with E-state index in [1.165, 1.54) is 6.07 Å². The van der Waals surface area contributed by atoms with Crippen molar-refractivity contribution in [2.45, 2.75) is 20.3 Å². The van der Waals surface area contributed by atoms with Gasteiger partial charge in [0.05, 0.1) is 5.56 Å². The van der Waals surface area contributed by atoms with Gasteiger partial charge in [-0.15, -0.1) is 0 Å². The van der Waals surface area contributed by atoms with Crippen molar-refractivity contribution in [2.24, 2.45) is 0 Å². The number of carboxylic acids is 1. The molecule has 0 aromatic heterocycles. The molecule has 4 nitrogen and oxygen atoms in total. The second-order valence-corrected chi connectivity index (χ2v) is 4.82. The third-order valence-corrected chi connectivity index (χ3v) is 3.24. The molecular formula is C17H17NO3. The Balaban J connectivity index is 2.53. The molecule has 2 N–H and O–H groups in total. The molecule has 0 spiro atoms. The molecule has 0 heterocycles. The highest BCUT2D eigenvalue weighted by Crippen LogP contribution is 2.27. The summed E-state index contributed by atoms with van der Waals surface area (Å²) in [7, 11) is 0. The highest BCUT2D eigenvalue weighted by molar-refractivity contribution is 5.95. The molecule has 0 aliphatic rings. The zero-order chi connectivity index (χ0) is 15.4. The van der Waals surface area contributed by atoms with E-state index in [0.29, 0.717) is 12.1 Å². The van der Waals surface area contributed by atoms with Gasteiger partial charge in [0.2, 0.25) is 5.91 Å². The molecule has 1 amide bonds. The lowest BCUT2D eigenvalue weighted by molar-refractivity contribution is -0.115. The number of hydrogen-bond donors (Lipinski definition) is 2. The van der Waals surface area contributed by atoms with E-state index in [2.05, 4.69) is 5.32 Å². The second-order valence-electron chi connectivity index (χ2n) is 4.82. The lowest BCUT2D eigenvalue weighted by Crippen LogP contribution is -2.10. The predicted octanol–water partition coefficient (Wildman–Crippen LogP) is 3.71. The van der Waals surface area contributed by atoms with Gasteiger partial charge < -0.3 is 10.4 Å². The number of anilines is 1. The number of rotatable bonds is 4. The molecule has 108 valence electrons. The van der Waals surface area contributed by atoms with E-state index in [1.54, 1.807) is 19.1 Å². The van der Waals surface area contributed by atoms with Crippen molar-refractivity contribution in [1.29, 1.82) is 0 Å². The average molecular weight is 283 g/mol. The molecule has 0 bridgehead atoms. The number of carbonyl (C=O) groups is 2. The molecule has 0 saturated heterocycles. The molecule has 0 aliphatic heterocycles. The van der Waals surface area contributed by atoms with E-state index in [9.17, 15) is 14.7 Å². The van der Waals surface area contributed by atoms with Gasteiger partial charge in [0.15, 0.2) is 0 Å². The van der Waals surface area contributed by atoms with Crippen LogP contribution >= 0.6 is 0 Å². The normalized spacial score (nSPS) is 10.2.